The number of aromatic nitrogens is 1. The lowest BCUT2D eigenvalue weighted by Crippen LogP contribution is -2.35. The van der Waals surface area contributed by atoms with Crippen LogP contribution in [-0.2, 0) is 11.3 Å². The molecule has 1 aliphatic heterocycles. The Bertz CT molecular complexity index is 1120. The van der Waals surface area contributed by atoms with Crippen molar-refractivity contribution < 1.29 is 23.1 Å². The van der Waals surface area contributed by atoms with Gasteiger partial charge in [0.25, 0.3) is 5.91 Å². The third-order valence-electron chi connectivity index (χ3n) is 5.41. The third kappa shape index (κ3) is 6.06. The maximum Gasteiger partial charge on any atom is 0.410 e. The molecule has 0 bridgehead atoms. The van der Waals surface area contributed by atoms with Crippen LogP contribution in [0.1, 0.15) is 22.3 Å². The fraction of sp³-hybridized carbons (Fsp3) is 0.240. The van der Waals surface area contributed by atoms with Crippen LogP contribution >= 0.6 is 0 Å². The second-order valence-corrected chi connectivity index (χ2v) is 7.89. The van der Waals surface area contributed by atoms with Crippen LogP contribution in [0.5, 0.6) is 0 Å². The summed E-state index contributed by atoms with van der Waals surface area (Å²) in [7, 11) is 0. The molecule has 3 aromatic rings. The highest BCUT2D eigenvalue weighted by molar-refractivity contribution is 6.04. The largest absolute Gasteiger partial charge is 0.445 e. The maximum atomic E-state index is 13.3. The topological polar surface area (TPSA) is 74.8 Å². The highest BCUT2D eigenvalue weighted by Gasteiger charge is 2.21. The first-order chi connectivity index (χ1) is 16.5. The van der Waals surface area contributed by atoms with Gasteiger partial charge in [0, 0.05) is 37.8 Å². The Kier molecular flexibility index (Phi) is 7.31. The van der Waals surface area contributed by atoms with Crippen LogP contribution in [0.2, 0.25) is 0 Å². The van der Waals surface area contributed by atoms with Crippen LogP contribution in [0.25, 0.3) is 0 Å². The molecule has 4 rings (SSSR count). The van der Waals surface area contributed by atoms with Crippen molar-refractivity contribution in [3.8, 4) is 0 Å². The third-order valence-corrected chi connectivity index (χ3v) is 5.41. The van der Waals surface area contributed by atoms with Crippen molar-refractivity contribution in [3.05, 3.63) is 89.6 Å². The molecule has 1 aliphatic rings. The summed E-state index contributed by atoms with van der Waals surface area (Å²) in [6.45, 7) is 2.61. The van der Waals surface area contributed by atoms with Crippen molar-refractivity contribution in [2.24, 2.45) is 0 Å². The van der Waals surface area contributed by atoms with E-state index >= 15 is 0 Å². The molecule has 0 aliphatic carbocycles. The molecule has 1 fully saturated rings. The van der Waals surface area contributed by atoms with Crippen LogP contribution < -0.4 is 10.2 Å². The number of carbonyl (C=O) groups is 2. The monoisotopic (exact) mass is 466 g/mol. The lowest BCUT2D eigenvalue weighted by molar-refractivity contribution is 0.0984. The van der Waals surface area contributed by atoms with E-state index in [1.165, 1.54) is 6.20 Å². The molecule has 2 heterocycles. The summed E-state index contributed by atoms with van der Waals surface area (Å²) >= 11 is 0. The molecule has 34 heavy (non-hydrogen) atoms. The van der Waals surface area contributed by atoms with Gasteiger partial charge in [0.1, 0.15) is 24.1 Å². The zero-order chi connectivity index (χ0) is 23.9. The molecule has 9 heteroatoms. The first-order valence-corrected chi connectivity index (χ1v) is 10.9. The number of carbonyl (C=O) groups excluding carboxylic acids is 2. The van der Waals surface area contributed by atoms with Gasteiger partial charge in [-0.1, -0.05) is 30.3 Å². The van der Waals surface area contributed by atoms with Crippen molar-refractivity contribution >= 4 is 23.5 Å². The molecular formula is C25H24F2N4O3. The average molecular weight is 466 g/mol. The van der Waals surface area contributed by atoms with Gasteiger partial charge in [0.2, 0.25) is 0 Å². The van der Waals surface area contributed by atoms with Crippen molar-refractivity contribution in [1.82, 2.24) is 9.88 Å². The van der Waals surface area contributed by atoms with E-state index in [0.717, 1.165) is 24.1 Å². The molecule has 0 saturated carbocycles. The number of anilines is 2. The fourth-order valence-electron chi connectivity index (χ4n) is 3.67. The molecular weight excluding hydrogens is 442 g/mol. The number of pyridine rings is 1. The second-order valence-electron chi connectivity index (χ2n) is 7.89. The minimum atomic E-state index is -0.822. The lowest BCUT2D eigenvalue weighted by atomic mass is 10.2. The number of hydrogen-bond acceptors (Lipinski definition) is 5. The van der Waals surface area contributed by atoms with E-state index in [9.17, 15) is 18.4 Å². The number of hydrogen-bond donors (Lipinski definition) is 1. The van der Waals surface area contributed by atoms with Gasteiger partial charge in [-0.15, -0.1) is 0 Å². The summed E-state index contributed by atoms with van der Waals surface area (Å²) < 4.78 is 32.1. The van der Waals surface area contributed by atoms with E-state index in [1.807, 2.05) is 30.3 Å². The maximum absolute atomic E-state index is 13.3. The van der Waals surface area contributed by atoms with Gasteiger partial charge >= 0.3 is 6.09 Å². The van der Waals surface area contributed by atoms with Crippen LogP contribution in [0.4, 0.5) is 25.1 Å². The van der Waals surface area contributed by atoms with E-state index in [-0.39, 0.29) is 18.3 Å². The number of amides is 2. The molecule has 176 valence electrons. The first kappa shape index (κ1) is 23.2. The van der Waals surface area contributed by atoms with E-state index in [1.54, 1.807) is 17.0 Å². The Balaban J connectivity index is 1.30. The Morgan fingerprint density at radius 2 is 1.71 bits per heavy atom. The standard InChI is InChI=1S/C25H24F2N4O3/c26-20-13-19(14-21(27)15-20)24(32)29-22-7-8-23(28-16-22)30-9-4-10-31(12-11-30)25(33)34-17-18-5-2-1-3-6-18/h1-3,5-8,13-16H,4,9-12,17H2,(H,29,32). The molecule has 1 N–H and O–H groups in total. The lowest BCUT2D eigenvalue weighted by Gasteiger charge is -2.22. The van der Waals surface area contributed by atoms with Crippen molar-refractivity contribution in [3.63, 3.8) is 0 Å². The summed E-state index contributed by atoms with van der Waals surface area (Å²) in [5.41, 5.74) is 1.22. The molecule has 1 aromatic heterocycles. The Hall–Kier alpha value is -4.01. The summed E-state index contributed by atoms with van der Waals surface area (Å²) in [6, 6.07) is 15.6. The Morgan fingerprint density at radius 1 is 0.941 bits per heavy atom. The summed E-state index contributed by atoms with van der Waals surface area (Å²) in [4.78, 5) is 32.9. The van der Waals surface area contributed by atoms with Crippen molar-refractivity contribution in [1.29, 1.82) is 0 Å². The number of benzene rings is 2. The van der Waals surface area contributed by atoms with Crippen LogP contribution in [0.15, 0.2) is 66.9 Å². The molecule has 1 saturated heterocycles. The van der Waals surface area contributed by atoms with Gasteiger partial charge in [-0.2, -0.15) is 0 Å². The zero-order valence-corrected chi connectivity index (χ0v) is 18.4. The minimum Gasteiger partial charge on any atom is -0.445 e. The Morgan fingerprint density at radius 3 is 2.41 bits per heavy atom. The van der Waals surface area contributed by atoms with Crippen molar-refractivity contribution in [2.75, 3.05) is 36.4 Å². The minimum absolute atomic E-state index is 0.117. The summed E-state index contributed by atoms with van der Waals surface area (Å²) in [5.74, 6) is -1.57. The molecule has 2 amide bonds. The van der Waals surface area contributed by atoms with Crippen LogP contribution in [0.3, 0.4) is 0 Å². The van der Waals surface area contributed by atoms with Gasteiger partial charge in [-0.3, -0.25) is 4.79 Å². The Labute approximate surface area is 196 Å². The molecule has 2 aromatic carbocycles. The fourth-order valence-corrected chi connectivity index (χ4v) is 3.67. The van der Waals surface area contributed by atoms with Gasteiger partial charge in [0.05, 0.1) is 11.9 Å². The predicted octanol–water partition coefficient (Wildman–Crippen LogP) is 4.46. The van der Waals surface area contributed by atoms with Crippen molar-refractivity contribution in [2.45, 2.75) is 13.0 Å². The van der Waals surface area contributed by atoms with E-state index in [4.69, 9.17) is 4.74 Å². The SMILES string of the molecule is O=C(Nc1ccc(N2CCCN(C(=O)OCc3ccccc3)CC2)nc1)c1cc(F)cc(F)c1. The number of halogens is 2. The molecule has 0 radical (unpaired) electrons. The van der Waals surface area contributed by atoms with E-state index in [0.29, 0.717) is 43.8 Å². The predicted molar refractivity (Wildman–Crippen MR) is 124 cm³/mol. The average Bonchev–Trinajstić information content (AvgIpc) is 3.09. The number of nitrogens with one attached hydrogen (secondary N) is 1. The van der Waals surface area contributed by atoms with E-state index in [2.05, 4.69) is 15.2 Å². The van der Waals surface area contributed by atoms with Crippen LogP contribution in [0, 0.1) is 11.6 Å². The number of ether oxygens (including phenoxy) is 1. The van der Waals surface area contributed by atoms with Gasteiger partial charge in [-0.05, 0) is 36.2 Å². The highest BCUT2D eigenvalue weighted by atomic mass is 19.1. The first-order valence-electron chi connectivity index (χ1n) is 10.9. The number of nitrogens with zero attached hydrogens (tertiary/aromatic N) is 3. The smallest absolute Gasteiger partial charge is 0.410 e. The molecule has 0 atom stereocenters. The normalized spacial score (nSPS) is 13.8. The highest BCUT2D eigenvalue weighted by Crippen LogP contribution is 2.18. The molecule has 0 spiro atoms. The van der Waals surface area contributed by atoms with Crippen LogP contribution in [-0.4, -0.2) is 48.1 Å². The van der Waals surface area contributed by atoms with Gasteiger partial charge < -0.3 is 19.9 Å². The number of rotatable bonds is 5. The quantitative estimate of drug-likeness (QED) is 0.601. The second kappa shape index (κ2) is 10.7. The van der Waals surface area contributed by atoms with Gasteiger partial charge in [-0.25, -0.2) is 18.6 Å². The van der Waals surface area contributed by atoms with E-state index < -0.39 is 17.5 Å². The molecule has 7 nitrogen and oxygen atoms in total. The van der Waals surface area contributed by atoms with Gasteiger partial charge in [0.15, 0.2) is 0 Å². The summed E-state index contributed by atoms with van der Waals surface area (Å²) in [6.07, 6.45) is 1.90. The zero-order valence-electron chi connectivity index (χ0n) is 18.4. The molecule has 0 unspecified atom stereocenters. The summed E-state index contributed by atoms with van der Waals surface area (Å²) in [5, 5.41) is 2.58.